The second-order valence-electron chi connectivity index (χ2n) is 4.15. The Bertz CT molecular complexity index is 522. The van der Waals surface area contributed by atoms with Gasteiger partial charge in [0.25, 0.3) is 0 Å². The molecule has 0 aliphatic heterocycles. The van der Waals surface area contributed by atoms with E-state index in [1.807, 2.05) is 43.3 Å². The minimum atomic E-state index is -0.645. The Morgan fingerprint density at radius 3 is 2.24 bits per heavy atom. The van der Waals surface area contributed by atoms with Gasteiger partial charge in [-0.05, 0) is 42.0 Å². The second-order valence-corrected chi connectivity index (χ2v) is 4.56. The number of rotatable bonds is 2. The van der Waals surface area contributed by atoms with Crippen LogP contribution in [0.4, 0.5) is 0 Å². The molecule has 2 aromatic carbocycles. The van der Waals surface area contributed by atoms with E-state index in [0.717, 1.165) is 22.1 Å². The van der Waals surface area contributed by atoms with Crippen molar-refractivity contribution in [3.8, 4) is 0 Å². The smallest absolute Gasteiger partial charge is 0.359 e. The zero-order valence-corrected chi connectivity index (χ0v) is 10.4. The van der Waals surface area contributed by atoms with Crippen LogP contribution < -0.4 is 10.9 Å². The van der Waals surface area contributed by atoms with E-state index < -0.39 is 6.92 Å². The summed E-state index contributed by atoms with van der Waals surface area (Å²) in [6.07, 6.45) is 0. The summed E-state index contributed by atoms with van der Waals surface area (Å²) >= 11 is 6.05. The molecule has 0 spiro atoms. The maximum absolute atomic E-state index is 10.2. The Labute approximate surface area is 107 Å². The highest BCUT2D eigenvalue weighted by Crippen LogP contribution is 2.12. The summed E-state index contributed by atoms with van der Waals surface area (Å²) in [5.41, 5.74) is 3.59. The third-order valence-corrected chi connectivity index (χ3v) is 3.21. The van der Waals surface area contributed by atoms with E-state index in [-0.39, 0.29) is 0 Å². The molecule has 0 heterocycles. The summed E-state index contributed by atoms with van der Waals surface area (Å²) < 4.78 is 0. The molecule has 0 saturated carbocycles. The molecule has 3 heteroatoms. The molecule has 2 rings (SSSR count). The number of hydrogen-bond acceptors (Lipinski definition) is 1. The summed E-state index contributed by atoms with van der Waals surface area (Å²) in [4.78, 5) is 0. The van der Waals surface area contributed by atoms with Gasteiger partial charge in [-0.25, -0.2) is 0 Å². The summed E-state index contributed by atoms with van der Waals surface area (Å²) in [6.45, 7) is 5.11. The molecule has 0 saturated heterocycles. The summed E-state index contributed by atoms with van der Waals surface area (Å²) in [5, 5.41) is 10.9. The van der Waals surface area contributed by atoms with E-state index >= 15 is 0 Å². The van der Waals surface area contributed by atoms with E-state index in [1.165, 1.54) is 0 Å². The van der Waals surface area contributed by atoms with Crippen LogP contribution >= 0.6 is 11.6 Å². The van der Waals surface area contributed by atoms with Crippen molar-refractivity contribution in [2.45, 2.75) is 6.92 Å². The van der Waals surface area contributed by atoms with Crippen LogP contribution in [0, 0.1) is 13.8 Å². The molecule has 2 aromatic rings. The molecular weight excluding hydrogens is 230 g/mol. The highest BCUT2D eigenvalue weighted by molar-refractivity contribution is 6.79. The fourth-order valence-electron chi connectivity index (χ4n) is 1.67. The van der Waals surface area contributed by atoms with E-state index in [2.05, 4.69) is 6.92 Å². The molecule has 0 bridgehead atoms. The van der Waals surface area contributed by atoms with Gasteiger partial charge in [0.1, 0.15) is 0 Å². The first kappa shape index (κ1) is 12.2. The van der Waals surface area contributed by atoms with Gasteiger partial charge in [0.15, 0.2) is 0 Å². The topological polar surface area (TPSA) is 20.2 Å². The standard InChI is InChI=1S/C14H13BClO/c1-10-3-6-12(7-4-10)15(17)13-8-5-11(2)14(16)9-13/h3-9,17H,1H2,2H3. The molecule has 0 fully saturated rings. The van der Waals surface area contributed by atoms with Crippen molar-refractivity contribution in [3.05, 3.63) is 65.5 Å². The Morgan fingerprint density at radius 2 is 1.65 bits per heavy atom. The predicted molar refractivity (Wildman–Crippen MR) is 74.3 cm³/mol. The van der Waals surface area contributed by atoms with Crippen LogP contribution in [0.2, 0.25) is 5.02 Å². The molecule has 85 valence electrons. The van der Waals surface area contributed by atoms with Crippen molar-refractivity contribution in [2.75, 3.05) is 0 Å². The molecule has 0 aromatic heterocycles. The van der Waals surface area contributed by atoms with Gasteiger partial charge in [0.2, 0.25) is 0 Å². The van der Waals surface area contributed by atoms with Crippen LogP contribution in [0.1, 0.15) is 11.1 Å². The summed E-state index contributed by atoms with van der Waals surface area (Å²) in [7, 11) is 0. The molecule has 17 heavy (non-hydrogen) atoms. The van der Waals surface area contributed by atoms with Crippen molar-refractivity contribution in [1.29, 1.82) is 0 Å². The lowest BCUT2D eigenvalue weighted by atomic mass is 9.56. The molecule has 0 atom stereocenters. The lowest BCUT2D eigenvalue weighted by Gasteiger charge is -2.09. The van der Waals surface area contributed by atoms with E-state index in [1.54, 1.807) is 6.07 Å². The maximum atomic E-state index is 10.2. The van der Waals surface area contributed by atoms with Crippen LogP contribution in [-0.4, -0.2) is 11.9 Å². The fraction of sp³-hybridized carbons (Fsp3) is 0.0714. The van der Waals surface area contributed by atoms with Crippen molar-refractivity contribution in [3.63, 3.8) is 0 Å². The SMILES string of the molecule is [CH2]c1ccc(B(O)c2ccc(C)c(Cl)c2)cc1. The number of benzene rings is 2. The molecule has 0 aliphatic rings. The van der Waals surface area contributed by atoms with Gasteiger partial charge in [-0.1, -0.05) is 48.0 Å². The van der Waals surface area contributed by atoms with Gasteiger partial charge in [0.05, 0.1) is 0 Å². The number of aryl methyl sites for hydroxylation is 1. The van der Waals surface area contributed by atoms with Gasteiger partial charge in [0, 0.05) is 5.02 Å². The first-order valence-corrected chi connectivity index (χ1v) is 5.82. The first-order chi connectivity index (χ1) is 8.08. The van der Waals surface area contributed by atoms with Crippen molar-refractivity contribution < 1.29 is 5.02 Å². The highest BCUT2D eigenvalue weighted by Gasteiger charge is 2.17. The summed E-state index contributed by atoms with van der Waals surface area (Å²) in [5.74, 6) is 0. The minimum Gasteiger partial charge on any atom is -0.443 e. The van der Waals surface area contributed by atoms with E-state index in [0.29, 0.717) is 5.02 Å². The molecule has 0 unspecified atom stereocenters. The minimum absolute atomic E-state index is 0.645. The third kappa shape index (κ3) is 2.71. The van der Waals surface area contributed by atoms with Crippen molar-refractivity contribution >= 4 is 29.4 Å². The van der Waals surface area contributed by atoms with Crippen LogP contribution in [0.3, 0.4) is 0 Å². The van der Waals surface area contributed by atoms with Gasteiger partial charge in [-0.3, -0.25) is 0 Å². The van der Waals surface area contributed by atoms with Gasteiger partial charge in [-0.2, -0.15) is 0 Å². The zero-order chi connectivity index (χ0) is 12.4. The fourth-order valence-corrected chi connectivity index (χ4v) is 1.86. The molecule has 0 aliphatic carbocycles. The summed E-state index contributed by atoms with van der Waals surface area (Å²) in [6, 6.07) is 13.1. The van der Waals surface area contributed by atoms with Gasteiger partial charge >= 0.3 is 6.92 Å². The third-order valence-electron chi connectivity index (χ3n) is 2.81. The number of hydrogen-bond donors (Lipinski definition) is 1. The lowest BCUT2D eigenvalue weighted by molar-refractivity contribution is 0.600. The Hall–Kier alpha value is -1.25. The Balaban J connectivity index is 2.33. The van der Waals surface area contributed by atoms with Crippen molar-refractivity contribution in [1.82, 2.24) is 0 Å². The average Bonchev–Trinajstić information content (AvgIpc) is 2.33. The first-order valence-electron chi connectivity index (χ1n) is 5.44. The largest absolute Gasteiger partial charge is 0.443 e. The highest BCUT2D eigenvalue weighted by atomic mass is 35.5. The molecule has 1 N–H and O–H groups in total. The quantitative estimate of drug-likeness (QED) is 0.799. The Morgan fingerprint density at radius 1 is 1.06 bits per heavy atom. The van der Waals surface area contributed by atoms with Crippen LogP contribution in [0.15, 0.2) is 42.5 Å². The van der Waals surface area contributed by atoms with E-state index in [9.17, 15) is 5.02 Å². The maximum Gasteiger partial charge on any atom is 0.359 e. The van der Waals surface area contributed by atoms with Crippen LogP contribution in [-0.2, 0) is 0 Å². The number of halogens is 1. The van der Waals surface area contributed by atoms with Crippen LogP contribution in [0.25, 0.3) is 0 Å². The van der Waals surface area contributed by atoms with Gasteiger partial charge < -0.3 is 5.02 Å². The normalized spacial score (nSPS) is 10.4. The molecular formula is C14H13BClO. The monoisotopic (exact) mass is 243 g/mol. The van der Waals surface area contributed by atoms with Crippen molar-refractivity contribution in [2.24, 2.45) is 0 Å². The molecule has 0 amide bonds. The predicted octanol–water partition coefficient (Wildman–Crippen LogP) is 1.93. The van der Waals surface area contributed by atoms with Crippen LogP contribution in [0.5, 0.6) is 0 Å². The van der Waals surface area contributed by atoms with Gasteiger partial charge in [-0.15, -0.1) is 0 Å². The van der Waals surface area contributed by atoms with E-state index in [4.69, 9.17) is 11.6 Å². The molecule has 1 nitrogen and oxygen atoms in total. The lowest BCUT2D eigenvalue weighted by Crippen LogP contribution is -2.42. The second kappa shape index (κ2) is 4.95. The Kier molecular flexibility index (Phi) is 3.56. The average molecular weight is 244 g/mol. The zero-order valence-electron chi connectivity index (χ0n) is 9.65. The molecule has 1 radical (unpaired) electrons.